The van der Waals surface area contributed by atoms with Crippen molar-refractivity contribution < 1.29 is 32.5 Å². The Hall–Kier alpha value is -2.90. The lowest BCUT2D eigenvalue weighted by molar-refractivity contribution is -0.274. The van der Waals surface area contributed by atoms with E-state index in [0.29, 0.717) is 25.2 Å². The van der Waals surface area contributed by atoms with Gasteiger partial charge in [-0.15, -0.1) is 13.2 Å². The lowest BCUT2D eigenvalue weighted by Crippen LogP contribution is -2.27. The summed E-state index contributed by atoms with van der Waals surface area (Å²) in [6.45, 7) is 4.30. The quantitative estimate of drug-likeness (QED) is 0.650. The Morgan fingerprint density at radius 1 is 1.21 bits per heavy atom. The van der Waals surface area contributed by atoms with Gasteiger partial charge < -0.3 is 19.9 Å². The second kappa shape index (κ2) is 9.34. The molecule has 5 nitrogen and oxygen atoms in total. The highest BCUT2D eigenvalue weighted by Gasteiger charge is 2.32. The number of carbonyl (C=O) groups excluding carboxylic acids is 1. The molecule has 0 saturated carbocycles. The number of halogens is 3. The summed E-state index contributed by atoms with van der Waals surface area (Å²) >= 11 is 0. The highest BCUT2D eigenvalue weighted by atomic mass is 19.4. The molecular weight excluding hydrogens is 375 g/mol. The fourth-order valence-corrected chi connectivity index (χ4v) is 2.71. The van der Waals surface area contributed by atoms with Gasteiger partial charge in [-0.2, -0.15) is 0 Å². The SMILES string of the molecule is CCc1cc(O)cc(C)c1OCCCNC(=O)c1ccccc1OC(F)(F)F. The number of aromatic hydroxyl groups is 1. The number of hydrogen-bond donors (Lipinski definition) is 2. The first-order valence-electron chi connectivity index (χ1n) is 8.79. The summed E-state index contributed by atoms with van der Waals surface area (Å²) < 4.78 is 46.9. The van der Waals surface area contributed by atoms with Gasteiger partial charge in [0.05, 0.1) is 12.2 Å². The van der Waals surface area contributed by atoms with Crippen molar-refractivity contribution in [1.29, 1.82) is 0 Å². The first-order chi connectivity index (χ1) is 13.2. The van der Waals surface area contributed by atoms with E-state index in [4.69, 9.17) is 4.74 Å². The number of rotatable bonds is 8. The Balaban J connectivity index is 1.88. The molecule has 8 heteroatoms. The third-order valence-electron chi connectivity index (χ3n) is 3.93. The summed E-state index contributed by atoms with van der Waals surface area (Å²) in [6.07, 6.45) is -3.72. The van der Waals surface area contributed by atoms with Crippen molar-refractivity contribution in [2.45, 2.75) is 33.1 Å². The summed E-state index contributed by atoms with van der Waals surface area (Å²) in [4.78, 5) is 12.1. The van der Waals surface area contributed by atoms with Crippen molar-refractivity contribution in [1.82, 2.24) is 5.32 Å². The minimum atomic E-state index is -4.87. The maximum Gasteiger partial charge on any atom is 0.573 e. The molecular formula is C20H22F3NO4. The molecule has 0 aliphatic rings. The van der Waals surface area contributed by atoms with E-state index in [1.807, 2.05) is 13.8 Å². The van der Waals surface area contributed by atoms with E-state index in [9.17, 15) is 23.1 Å². The molecule has 0 radical (unpaired) electrons. The molecule has 2 aromatic rings. The van der Waals surface area contributed by atoms with Gasteiger partial charge in [0.25, 0.3) is 5.91 Å². The molecule has 0 spiro atoms. The van der Waals surface area contributed by atoms with Gasteiger partial charge in [0.15, 0.2) is 0 Å². The van der Waals surface area contributed by atoms with Gasteiger partial charge in [0.2, 0.25) is 0 Å². The molecule has 0 aliphatic heterocycles. The van der Waals surface area contributed by atoms with Gasteiger partial charge >= 0.3 is 6.36 Å². The lowest BCUT2D eigenvalue weighted by Gasteiger charge is -2.15. The maximum absolute atomic E-state index is 12.4. The molecule has 0 aliphatic carbocycles. The third kappa shape index (κ3) is 6.07. The number of aryl methyl sites for hydroxylation is 2. The molecule has 28 heavy (non-hydrogen) atoms. The largest absolute Gasteiger partial charge is 0.573 e. The molecule has 0 unspecified atom stereocenters. The van der Waals surface area contributed by atoms with Crippen molar-refractivity contribution >= 4 is 5.91 Å². The highest BCUT2D eigenvalue weighted by Crippen LogP contribution is 2.29. The number of para-hydroxylation sites is 1. The van der Waals surface area contributed by atoms with Crippen LogP contribution >= 0.6 is 0 Å². The zero-order chi connectivity index (χ0) is 20.7. The summed E-state index contributed by atoms with van der Waals surface area (Å²) in [7, 11) is 0. The first-order valence-corrected chi connectivity index (χ1v) is 8.79. The van der Waals surface area contributed by atoms with Gasteiger partial charge in [-0.3, -0.25) is 4.79 Å². The molecule has 0 atom stereocenters. The van der Waals surface area contributed by atoms with Crippen LogP contribution in [0.5, 0.6) is 17.2 Å². The normalized spacial score (nSPS) is 11.2. The molecule has 1 amide bonds. The van der Waals surface area contributed by atoms with Crippen LogP contribution in [0.15, 0.2) is 36.4 Å². The molecule has 0 saturated heterocycles. The standard InChI is InChI=1S/C20H22F3NO4/c1-3-14-12-15(25)11-13(2)18(14)27-10-6-9-24-19(26)16-7-4-5-8-17(16)28-20(21,22)23/h4-5,7-8,11-12,25H,3,6,9-10H2,1-2H3,(H,24,26). The van der Waals surface area contributed by atoms with Crippen molar-refractivity contribution in [3.05, 3.63) is 53.1 Å². The number of nitrogens with one attached hydrogen (secondary N) is 1. The fraction of sp³-hybridized carbons (Fsp3) is 0.350. The van der Waals surface area contributed by atoms with Crippen LogP contribution in [0.25, 0.3) is 0 Å². The summed E-state index contributed by atoms with van der Waals surface area (Å²) in [5, 5.41) is 12.2. The number of benzene rings is 2. The van der Waals surface area contributed by atoms with Gasteiger partial charge in [-0.25, -0.2) is 0 Å². The van der Waals surface area contributed by atoms with Gasteiger partial charge in [-0.05, 0) is 55.2 Å². The van der Waals surface area contributed by atoms with Crippen LogP contribution in [-0.2, 0) is 6.42 Å². The summed E-state index contributed by atoms with van der Waals surface area (Å²) in [5.74, 6) is -0.338. The molecule has 2 rings (SSSR count). The zero-order valence-electron chi connectivity index (χ0n) is 15.6. The van der Waals surface area contributed by atoms with E-state index in [2.05, 4.69) is 10.1 Å². The fourth-order valence-electron chi connectivity index (χ4n) is 2.71. The number of ether oxygens (including phenoxy) is 2. The minimum Gasteiger partial charge on any atom is -0.508 e. The number of carbonyl (C=O) groups is 1. The Morgan fingerprint density at radius 2 is 1.93 bits per heavy atom. The first kappa shape index (κ1) is 21.4. The molecule has 0 fully saturated rings. The Morgan fingerprint density at radius 3 is 2.61 bits per heavy atom. The number of phenols is 1. The monoisotopic (exact) mass is 397 g/mol. The topological polar surface area (TPSA) is 67.8 Å². The van der Waals surface area contributed by atoms with Gasteiger partial charge in [-0.1, -0.05) is 19.1 Å². The summed E-state index contributed by atoms with van der Waals surface area (Å²) in [6, 6.07) is 8.42. The average Bonchev–Trinajstić information content (AvgIpc) is 2.61. The number of hydrogen-bond acceptors (Lipinski definition) is 4. The Labute approximate surface area is 161 Å². The van der Waals surface area contributed by atoms with Crippen molar-refractivity contribution in [2.24, 2.45) is 0 Å². The summed E-state index contributed by atoms with van der Waals surface area (Å²) in [5.41, 5.74) is 1.49. The van der Waals surface area contributed by atoms with Crippen LogP contribution in [0, 0.1) is 6.92 Å². The van der Waals surface area contributed by atoms with E-state index < -0.39 is 18.0 Å². The average molecular weight is 397 g/mol. The van der Waals surface area contributed by atoms with Crippen LogP contribution in [0.3, 0.4) is 0 Å². The molecule has 152 valence electrons. The Kier molecular flexibility index (Phi) is 7.14. The lowest BCUT2D eigenvalue weighted by atomic mass is 10.1. The number of alkyl halides is 3. The highest BCUT2D eigenvalue weighted by molar-refractivity contribution is 5.96. The van der Waals surface area contributed by atoms with Crippen LogP contribution in [0.2, 0.25) is 0 Å². The van der Waals surface area contributed by atoms with E-state index in [-0.39, 0.29) is 17.9 Å². The molecule has 0 aromatic heterocycles. The van der Waals surface area contributed by atoms with Gasteiger partial charge in [0, 0.05) is 6.54 Å². The second-order valence-corrected chi connectivity index (χ2v) is 6.11. The van der Waals surface area contributed by atoms with E-state index in [0.717, 1.165) is 17.2 Å². The molecule has 0 heterocycles. The third-order valence-corrected chi connectivity index (χ3v) is 3.93. The Bertz CT molecular complexity index is 822. The van der Waals surface area contributed by atoms with Gasteiger partial charge in [0.1, 0.15) is 17.2 Å². The molecule has 0 bridgehead atoms. The van der Waals surface area contributed by atoms with Crippen LogP contribution in [0.4, 0.5) is 13.2 Å². The maximum atomic E-state index is 12.4. The predicted octanol–water partition coefficient (Wildman–Crippen LogP) is 4.36. The van der Waals surface area contributed by atoms with Crippen molar-refractivity contribution in [3.63, 3.8) is 0 Å². The zero-order valence-corrected chi connectivity index (χ0v) is 15.6. The smallest absolute Gasteiger partial charge is 0.508 e. The minimum absolute atomic E-state index is 0.175. The van der Waals surface area contributed by atoms with E-state index in [1.54, 1.807) is 12.1 Å². The van der Waals surface area contributed by atoms with Crippen LogP contribution in [0.1, 0.15) is 34.8 Å². The molecule has 2 aromatic carbocycles. The molecule has 2 N–H and O–H groups in total. The van der Waals surface area contributed by atoms with Crippen LogP contribution < -0.4 is 14.8 Å². The van der Waals surface area contributed by atoms with Crippen LogP contribution in [-0.4, -0.2) is 30.5 Å². The van der Waals surface area contributed by atoms with E-state index >= 15 is 0 Å². The van der Waals surface area contributed by atoms with Crippen molar-refractivity contribution in [3.8, 4) is 17.2 Å². The predicted molar refractivity (Wildman–Crippen MR) is 97.8 cm³/mol. The van der Waals surface area contributed by atoms with E-state index in [1.165, 1.54) is 18.2 Å². The second-order valence-electron chi connectivity index (χ2n) is 6.11. The number of amides is 1. The van der Waals surface area contributed by atoms with Crippen molar-refractivity contribution in [2.75, 3.05) is 13.2 Å². The number of phenolic OH excluding ortho intramolecular Hbond substituents is 1.